The second-order valence-corrected chi connectivity index (χ2v) is 6.58. The van der Waals surface area contributed by atoms with Gasteiger partial charge in [-0.2, -0.15) is 0 Å². The first-order valence-corrected chi connectivity index (χ1v) is 7.96. The van der Waals surface area contributed by atoms with Crippen LogP contribution in [-0.2, 0) is 0 Å². The molecule has 0 saturated carbocycles. The highest BCUT2D eigenvalue weighted by Crippen LogP contribution is 2.27. The molecule has 0 saturated heterocycles. The summed E-state index contributed by atoms with van der Waals surface area (Å²) in [6.45, 7) is 4.09. The maximum atomic E-state index is 13.5. The van der Waals surface area contributed by atoms with Crippen molar-refractivity contribution >= 4 is 33.2 Å². The molecule has 0 aliphatic heterocycles. The van der Waals surface area contributed by atoms with Crippen LogP contribution < -0.4 is 5.32 Å². The topological polar surface area (TPSA) is 29.1 Å². The largest absolute Gasteiger partial charge is 0.344 e. The Morgan fingerprint density at radius 1 is 1.30 bits per heavy atom. The smallest absolute Gasteiger partial charge is 0.253 e. The molecule has 0 radical (unpaired) electrons. The van der Waals surface area contributed by atoms with E-state index in [-0.39, 0.29) is 22.3 Å². The van der Waals surface area contributed by atoms with Crippen molar-refractivity contribution in [1.29, 1.82) is 0 Å². The van der Waals surface area contributed by atoms with Crippen molar-refractivity contribution in [2.24, 2.45) is 5.92 Å². The average Bonchev–Trinajstić information content (AvgIpc) is 2.92. The lowest BCUT2D eigenvalue weighted by molar-refractivity contribution is 0.0925. The zero-order chi connectivity index (χ0) is 14.7. The van der Waals surface area contributed by atoms with E-state index >= 15 is 0 Å². The molecule has 1 aromatic carbocycles. The van der Waals surface area contributed by atoms with Gasteiger partial charge in [-0.15, -0.1) is 11.3 Å². The highest BCUT2D eigenvalue weighted by atomic mass is 79.9. The first kappa shape index (κ1) is 15.2. The van der Waals surface area contributed by atoms with Gasteiger partial charge in [-0.1, -0.05) is 26.0 Å². The lowest BCUT2D eigenvalue weighted by Crippen LogP contribution is -2.31. The summed E-state index contributed by atoms with van der Waals surface area (Å²) in [6.07, 6.45) is 0. The predicted octanol–water partition coefficient (Wildman–Crippen LogP) is 4.78. The summed E-state index contributed by atoms with van der Waals surface area (Å²) in [5, 5.41) is 4.96. The zero-order valence-electron chi connectivity index (χ0n) is 11.2. The fraction of sp³-hybridized carbons (Fsp3) is 0.267. The Morgan fingerprint density at radius 3 is 2.65 bits per heavy atom. The number of carbonyl (C=O) groups excluding carboxylic acids is 1. The summed E-state index contributed by atoms with van der Waals surface area (Å²) in [5.41, 5.74) is 0.312. The van der Waals surface area contributed by atoms with Crippen LogP contribution in [0.1, 0.15) is 35.1 Å². The minimum Gasteiger partial charge on any atom is -0.344 e. The quantitative estimate of drug-likeness (QED) is 0.840. The number of rotatable bonds is 4. The number of carbonyl (C=O) groups is 1. The monoisotopic (exact) mass is 355 g/mol. The summed E-state index contributed by atoms with van der Waals surface area (Å²) < 4.78 is 13.7. The summed E-state index contributed by atoms with van der Waals surface area (Å²) in [6, 6.07) is 8.34. The maximum absolute atomic E-state index is 13.5. The molecule has 2 aromatic rings. The molecule has 2 nitrogen and oxygen atoms in total. The minimum atomic E-state index is -0.435. The molecule has 0 spiro atoms. The Kier molecular flexibility index (Phi) is 4.94. The van der Waals surface area contributed by atoms with E-state index < -0.39 is 5.82 Å². The van der Waals surface area contributed by atoms with Crippen LogP contribution in [0.15, 0.2) is 40.2 Å². The lowest BCUT2D eigenvalue weighted by atomic mass is 10.0. The third-order valence-electron chi connectivity index (χ3n) is 3.00. The molecule has 1 atom stereocenters. The van der Waals surface area contributed by atoms with Crippen LogP contribution in [0.25, 0.3) is 0 Å². The molecule has 0 bridgehead atoms. The summed E-state index contributed by atoms with van der Waals surface area (Å²) in [5.74, 6) is -0.455. The van der Waals surface area contributed by atoms with Gasteiger partial charge in [-0.25, -0.2) is 4.39 Å². The van der Waals surface area contributed by atoms with Gasteiger partial charge in [0.1, 0.15) is 5.82 Å². The van der Waals surface area contributed by atoms with Crippen LogP contribution in [0.5, 0.6) is 0 Å². The molecule has 0 aliphatic rings. The van der Waals surface area contributed by atoms with E-state index in [4.69, 9.17) is 0 Å². The highest BCUT2D eigenvalue weighted by molar-refractivity contribution is 9.10. The fourth-order valence-corrected chi connectivity index (χ4v) is 3.33. The minimum absolute atomic E-state index is 0.0716. The molecule has 20 heavy (non-hydrogen) atoms. The van der Waals surface area contributed by atoms with E-state index in [1.165, 1.54) is 12.1 Å². The van der Waals surface area contributed by atoms with Crippen molar-refractivity contribution in [3.8, 4) is 0 Å². The molecule has 1 heterocycles. The van der Waals surface area contributed by atoms with Crippen LogP contribution in [0, 0.1) is 11.7 Å². The third kappa shape index (κ3) is 3.27. The number of amides is 1. The van der Waals surface area contributed by atoms with Gasteiger partial charge in [0.2, 0.25) is 0 Å². The Morgan fingerprint density at radius 2 is 2.05 bits per heavy atom. The second-order valence-electron chi connectivity index (χ2n) is 4.81. The normalized spacial score (nSPS) is 12.4. The Hall–Kier alpha value is -1.20. The molecule has 1 aromatic heterocycles. The Balaban J connectivity index is 2.23. The first-order valence-electron chi connectivity index (χ1n) is 6.29. The van der Waals surface area contributed by atoms with Crippen molar-refractivity contribution in [3.63, 3.8) is 0 Å². The maximum Gasteiger partial charge on any atom is 0.253 e. The van der Waals surface area contributed by atoms with E-state index in [1.54, 1.807) is 17.4 Å². The number of thiophene rings is 1. The first-order chi connectivity index (χ1) is 9.50. The van der Waals surface area contributed by atoms with Crippen LogP contribution in [0.2, 0.25) is 0 Å². The van der Waals surface area contributed by atoms with E-state index in [0.717, 1.165) is 4.88 Å². The fourth-order valence-electron chi connectivity index (χ4n) is 1.93. The number of hydrogen-bond acceptors (Lipinski definition) is 2. The van der Waals surface area contributed by atoms with Crippen LogP contribution in [0.4, 0.5) is 4.39 Å². The molecule has 106 valence electrons. The molecule has 2 rings (SSSR count). The number of hydrogen-bond donors (Lipinski definition) is 1. The zero-order valence-corrected chi connectivity index (χ0v) is 13.6. The molecule has 1 amide bonds. The summed E-state index contributed by atoms with van der Waals surface area (Å²) in [4.78, 5) is 13.4. The van der Waals surface area contributed by atoms with Crippen molar-refractivity contribution in [1.82, 2.24) is 5.32 Å². The second kappa shape index (κ2) is 6.50. The van der Waals surface area contributed by atoms with Gasteiger partial charge in [0, 0.05) is 4.88 Å². The van der Waals surface area contributed by atoms with E-state index in [9.17, 15) is 9.18 Å². The number of benzene rings is 1. The SMILES string of the molecule is CC(C)C(NC(=O)c1cccc(F)c1Br)c1cccs1. The van der Waals surface area contributed by atoms with E-state index in [2.05, 4.69) is 21.2 Å². The van der Waals surface area contributed by atoms with Gasteiger partial charge in [0.05, 0.1) is 16.1 Å². The summed E-state index contributed by atoms with van der Waals surface area (Å²) in [7, 11) is 0. The van der Waals surface area contributed by atoms with Crippen molar-refractivity contribution in [2.45, 2.75) is 19.9 Å². The van der Waals surface area contributed by atoms with Crippen molar-refractivity contribution < 1.29 is 9.18 Å². The molecular formula is C15H15BrFNOS. The van der Waals surface area contributed by atoms with Crippen molar-refractivity contribution in [2.75, 3.05) is 0 Å². The summed E-state index contributed by atoms with van der Waals surface area (Å²) >= 11 is 4.73. The van der Waals surface area contributed by atoms with Crippen LogP contribution >= 0.6 is 27.3 Å². The van der Waals surface area contributed by atoms with Crippen LogP contribution in [0.3, 0.4) is 0 Å². The Bertz CT molecular complexity index is 598. The van der Waals surface area contributed by atoms with Gasteiger partial charge in [0.15, 0.2) is 0 Å². The molecule has 1 N–H and O–H groups in total. The molecule has 5 heteroatoms. The van der Waals surface area contributed by atoms with Gasteiger partial charge in [0.25, 0.3) is 5.91 Å². The van der Waals surface area contributed by atoms with Gasteiger partial charge >= 0.3 is 0 Å². The highest BCUT2D eigenvalue weighted by Gasteiger charge is 2.21. The van der Waals surface area contributed by atoms with E-state index in [1.807, 2.05) is 31.4 Å². The van der Waals surface area contributed by atoms with Gasteiger partial charge < -0.3 is 5.32 Å². The van der Waals surface area contributed by atoms with Gasteiger partial charge in [-0.3, -0.25) is 4.79 Å². The van der Waals surface area contributed by atoms with Gasteiger partial charge in [-0.05, 0) is 45.4 Å². The van der Waals surface area contributed by atoms with E-state index in [0.29, 0.717) is 5.56 Å². The Labute approximate surface area is 130 Å². The van der Waals surface area contributed by atoms with Crippen LogP contribution in [-0.4, -0.2) is 5.91 Å². The lowest BCUT2D eigenvalue weighted by Gasteiger charge is -2.21. The molecule has 0 fully saturated rings. The third-order valence-corrected chi connectivity index (χ3v) is 4.76. The number of halogens is 2. The average molecular weight is 356 g/mol. The number of nitrogens with one attached hydrogen (secondary N) is 1. The molecule has 1 unspecified atom stereocenters. The predicted molar refractivity (Wildman–Crippen MR) is 83.5 cm³/mol. The van der Waals surface area contributed by atoms with Crippen molar-refractivity contribution in [3.05, 3.63) is 56.4 Å². The molecular weight excluding hydrogens is 341 g/mol. The standard InChI is InChI=1S/C15H15BrFNOS/c1-9(2)14(12-7-4-8-20-12)18-15(19)10-5-3-6-11(17)13(10)16/h3-9,14H,1-2H3,(H,18,19). The molecule has 0 aliphatic carbocycles.